The van der Waals surface area contributed by atoms with Gasteiger partial charge in [0.25, 0.3) is 0 Å². The summed E-state index contributed by atoms with van der Waals surface area (Å²) in [6, 6.07) is 9.23. The Labute approximate surface area is 116 Å². The molecule has 0 radical (unpaired) electrons. The van der Waals surface area contributed by atoms with Crippen LogP contribution in [0.15, 0.2) is 35.5 Å². The number of carbonyl (C=O) groups excluding carboxylic acids is 2. The number of Topliss-reactive ketones (excluding diaryl/α,β-unsaturated/α-hetero) is 1. The van der Waals surface area contributed by atoms with Crippen molar-refractivity contribution in [1.29, 1.82) is 0 Å². The normalized spacial score (nSPS) is 10.9. The Bertz CT molecular complexity index is 459. The monoisotopic (exact) mass is 283 g/mol. The summed E-state index contributed by atoms with van der Waals surface area (Å²) in [6.45, 7) is 1.93. The number of hydrogen-bond acceptors (Lipinski definition) is 5. The molecular formula is C13H14ClNO4. The largest absolute Gasteiger partial charge is 0.461 e. The predicted octanol–water partition coefficient (Wildman–Crippen LogP) is 1.93. The van der Waals surface area contributed by atoms with Crippen molar-refractivity contribution in [3.05, 3.63) is 35.9 Å². The molecule has 0 amide bonds. The van der Waals surface area contributed by atoms with Crippen molar-refractivity contribution >= 4 is 29.1 Å². The minimum Gasteiger partial charge on any atom is -0.461 e. The molecule has 5 nitrogen and oxygen atoms in total. The molecule has 0 bridgehead atoms. The first kappa shape index (κ1) is 15.2. The highest BCUT2D eigenvalue weighted by Crippen LogP contribution is 2.01. The van der Waals surface area contributed by atoms with E-state index in [0.29, 0.717) is 0 Å². The Morgan fingerprint density at radius 3 is 2.53 bits per heavy atom. The average molecular weight is 284 g/mol. The molecule has 0 aromatic heterocycles. The van der Waals surface area contributed by atoms with Crippen LogP contribution in [0.1, 0.15) is 12.5 Å². The number of rotatable bonds is 7. The van der Waals surface area contributed by atoms with Crippen LogP contribution in [0.2, 0.25) is 0 Å². The molecule has 0 aliphatic carbocycles. The summed E-state index contributed by atoms with van der Waals surface area (Å²) < 4.78 is 4.70. The molecule has 0 spiro atoms. The lowest BCUT2D eigenvalue weighted by molar-refractivity contribution is -0.136. The molecule has 0 atom stereocenters. The van der Waals surface area contributed by atoms with Gasteiger partial charge in [-0.25, -0.2) is 4.79 Å². The molecule has 6 heteroatoms. The van der Waals surface area contributed by atoms with Crippen molar-refractivity contribution in [2.45, 2.75) is 13.5 Å². The molecule has 0 aliphatic heterocycles. The molecule has 0 unspecified atom stereocenters. The summed E-state index contributed by atoms with van der Waals surface area (Å²) in [6.07, 6.45) is 0. The maximum Gasteiger partial charge on any atom is 0.364 e. The molecule has 0 heterocycles. The predicted molar refractivity (Wildman–Crippen MR) is 71.0 cm³/mol. The molecule has 102 valence electrons. The van der Waals surface area contributed by atoms with Crippen molar-refractivity contribution in [1.82, 2.24) is 0 Å². The number of halogens is 1. The molecule has 0 saturated carbocycles. The van der Waals surface area contributed by atoms with Crippen molar-refractivity contribution in [3.63, 3.8) is 0 Å². The summed E-state index contributed by atoms with van der Waals surface area (Å²) in [5.74, 6) is -1.82. The van der Waals surface area contributed by atoms with Gasteiger partial charge in [0.15, 0.2) is 0 Å². The Kier molecular flexibility index (Phi) is 6.60. The average Bonchev–Trinajstić information content (AvgIpc) is 2.44. The van der Waals surface area contributed by atoms with E-state index in [4.69, 9.17) is 21.2 Å². The minimum atomic E-state index is -0.832. The quantitative estimate of drug-likeness (QED) is 0.252. The second-order valence-corrected chi connectivity index (χ2v) is 3.74. The van der Waals surface area contributed by atoms with E-state index in [9.17, 15) is 9.59 Å². The van der Waals surface area contributed by atoms with Crippen LogP contribution in [0.25, 0.3) is 0 Å². The second-order valence-electron chi connectivity index (χ2n) is 3.48. The molecule has 0 fully saturated rings. The van der Waals surface area contributed by atoms with E-state index in [-0.39, 0.29) is 19.1 Å². The van der Waals surface area contributed by atoms with E-state index in [1.165, 1.54) is 0 Å². The summed E-state index contributed by atoms with van der Waals surface area (Å²) in [4.78, 5) is 27.9. The lowest BCUT2D eigenvalue weighted by Crippen LogP contribution is -2.27. The number of hydrogen-bond donors (Lipinski definition) is 0. The van der Waals surface area contributed by atoms with Gasteiger partial charge in [0, 0.05) is 0 Å². The fraction of sp³-hybridized carbons (Fsp3) is 0.308. The van der Waals surface area contributed by atoms with Crippen molar-refractivity contribution < 1.29 is 19.2 Å². The zero-order valence-electron chi connectivity index (χ0n) is 10.5. The van der Waals surface area contributed by atoms with E-state index >= 15 is 0 Å². The SMILES string of the molecule is CCOC(=O)/C(=N\OCc1ccccc1)C(=O)CCl. The van der Waals surface area contributed by atoms with Crippen molar-refractivity contribution in [2.24, 2.45) is 5.16 Å². The number of oxime groups is 1. The zero-order chi connectivity index (χ0) is 14.1. The van der Waals surface area contributed by atoms with Crippen LogP contribution in [0.3, 0.4) is 0 Å². The van der Waals surface area contributed by atoms with E-state index in [1.54, 1.807) is 6.92 Å². The van der Waals surface area contributed by atoms with Gasteiger partial charge >= 0.3 is 5.97 Å². The van der Waals surface area contributed by atoms with Gasteiger partial charge in [0.2, 0.25) is 11.5 Å². The molecule has 1 rings (SSSR count). The smallest absolute Gasteiger partial charge is 0.364 e. The van der Waals surface area contributed by atoms with Crippen LogP contribution in [0.5, 0.6) is 0 Å². The van der Waals surface area contributed by atoms with Crippen LogP contribution < -0.4 is 0 Å². The number of carbonyl (C=O) groups is 2. The maximum absolute atomic E-state index is 11.5. The molecule has 0 N–H and O–H groups in total. The summed E-state index contributed by atoms with van der Waals surface area (Å²) in [5, 5.41) is 3.52. The van der Waals surface area contributed by atoms with Gasteiger partial charge in [-0.05, 0) is 12.5 Å². The van der Waals surface area contributed by atoms with Gasteiger partial charge in [-0.1, -0.05) is 35.5 Å². The maximum atomic E-state index is 11.5. The van der Waals surface area contributed by atoms with Crippen molar-refractivity contribution in [2.75, 3.05) is 12.5 Å². The highest BCUT2D eigenvalue weighted by Gasteiger charge is 2.21. The number of benzene rings is 1. The first-order valence-electron chi connectivity index (χ1n) is 5.69. The van der Waals surface area contributed by atoms with Crippen LogP contribution in [-0.4, -0.2) is 30.0 Å². The molecular weight excluding hydrogens is 270 g/mol. The Balaban J connectivity index is 2.67. The van der Waals surface area contributed by atoms with E-state index in [0.717, 1.165) is 5.56 Å². The van der Waals surface area contributed by atoms with Gasteiger partial charge < -0.3 is 9.57 Å². The summed E-state index contributed by atoms with van der Waals surface area (Å²) in [5.41, 5.74) is 0.445. The molecule has 19 heavy (non-hydrogen) atoms. The zero-order valence-corrected chi connectivity index (χ0v) is 11.2. The van der Waals surface area contributed by atoms with Gasteiger partial charge in [0.1, 0.15) is 6.61 Å². The number of alkyl halides is 1. The first-order chi connectivity index (χ1) is 9.19. The summed E-state index contributed by atoms with van der Waals surface area (Å²) in [7, 11) is 0. The molecule has 1 aromatic carbocycles. The number of nitrogens with zero attached hydrogens (tertiary/aromatic N) is 1. The van der Waals surface area contributed by atoms with Crippen LogP contribution in [0, 0.1) is 0 Å². The Morgan fingerprint density at radius 1 is 1.26 bits per heavy atom. The lowest BCUT2D eigenvalue weighted by Gasteiger charge is -2.04. The lowest BCUT2D eigenvalue weighted by atomic mass is 10.2. The topological polar surface area (TPSA) is 65.0 Å². The third-order valence-corrected chi connectivity index (χ3v) is 2.33. The second kappa shape index (κ2) is 8.26. The third kappa shape index (κ3) is 5.09. The fourth-order valence-corrected chi connectivity index (χ4v) is 1.34. The number of ether oxygens (including phenoxy) is 1. The standard InChI is InChI=1S/C13H14ClNO4/c1-2-18-13(17)12(11(16)8-14)15-19-9-10-6-4-3-5-7-10/h3-7H,2,8-9H2,1H3/b15-12-. The van der Waals surface area contributed by atoms with Gasteiger partial charge in [-0.15, -0.1) is 11.6 Å². The molecule has 0 saturated heterocycles. The summed E-state index contributed by atoms with van der Waals surface area (Å²) >= 11 is 5.39. The van der Waals surface area contributed by atoms with E-state index < -0.39 is 17.5 Å². The number of ketones is 1. The van der Waals surface area contributed by atoms with Gasteiger partial charge in [0.05, 0.1) is 12.5 Å². The van der Waals surface area contributed by atoms with Crippen molar-refractivity contribution in [3.8, 4) is 0 Å². The highest BCUT2D eigenvalue weighted by molar-refractivity contribution is 6.67. The Hall–Kier alpha value is -1.88. The molecule has 1 aromatic rings. The van der Waals surface area contributed by atoms with Crippen LogP contribution in [0.4, 0.5) is 0 Å². The first-order valence-corrected chi connectivity index (χ1v) is 6.22. The minimum absolute atomic E-state index is 0.145. The third-order valence-electron chi connectivity index (χ3n) is 2.08. The van der Waals surface area contributed by atoms with Gasteiger partial charge in [-0.2, -0.15) is 0 Å². The Morgan fingerprint density at radius 2 is 1.95 bits per heavy atom. The highest BCUT2D eigenvalue weighted by atomic mass is 35.5. The van der Waals surface area contributed by atoms with Gasteiger partial charge in [-0.3, -0.25) is 4.79 Å². The molecule has 0 aliphatic rings. The van der Waals surface area contributed by atoms with Crippen LogP contribution in [-0.2, 0) is 25.8 Å². The van der Waals surface area contributed by atoms with E-state index in [2.05, 4.69) is 5.16 Å². The number of esters is 1. The van der Waals surface area contributed by atoms with Crippen LogP contribution >= 0.6 is 11.6 Å². The van der Waals surface area contributed by atoms with E-state index in [1.807, 2.05) is 30.3 Å². The fourth-order valence-electron chi connectivity index (χ4n) is 1.21.